The number of unbranched alkanes of at least 4 members (excludes halogenated alkanes) is 5. The molecule has 1 atom stereocenters. The second kappa shape index (κ2) is 50.9. The molecule has 0 bridgehead atoms. The highest BCUT2D eigenvalue weighted by Gasteiger charge is 2.17. The van der Waals surface area contributed by atoms with Crippen LogP contribution in [0.1, 0.15) is 162 Å². The van der Waals surface area contributed by atoms with Gasteiger partial charge >= 0.3 is 11.9 Å². The molecule has 0 aliphatic carbocycles. The lowest BCUT2D eigenvalue weighted by Crippen LogP contribution is -2.30. The molecular formula is C57H86O5. The first-order chi connectivity index (χ1) is 30.6. The molecule has 0 N–H and O–H groups in total. The van der Waals surface area contributed by atoms with Crippen molar-refractivity contribution in [3.8, 4) is 0 Å². The van der Waals surface area contributed by atoms with Gasteiger partial charge in [0.1, 0.15) is 6.61 Å². The summed E-state index contributed by atoms with van der Waals surface area (Å²) in [5.41, 5.74) is 0. The van der Waals surface area contributed by atoms with Crippen LogP contribution in [0.2, 0.25) is 0 Å². The van der Waals surface area contributed by atoms with E-state index in [2.05, 4.69) is 167 Å². The van der Waals surface area contributed by atoms with Gasteiger partial charge in [0.2, 0.25) is 0 Å². The molecule has 0 aromatic heterocycles. The zero-order chi connectivity index (χ0) is 44.9. The highest BCUT2D eigenvalue weighted by molar-refractivity contribution is 5.71. The van der Waals surface area contributed by atoms with E-state index in [1.165, 1.54) is 0 Å². The number of rotatable bonds is 41. The van der Waals surface area contributed by atoms with Crippen molar-refractivity contribution >= 4 is 11.9 Å². The molecule has 1 unspecified atom stereocenters. The number of allylic oxidation sites excluding steroid dienone is 25. The van der Waals surface area contributed by atoms with Gasteiger partial charge in [0, 0.05) is 13.0 Å². The second-order valence-corrected chi connectivity index (χ2v) is 14.9. The van der Waals surface area contributed by atoms with Crippen molar-refractivity contribution < 1.29 is 23.8 Å². The molecule has 0 aliphatic heterocycles. The lowest BCUT2D eigenvalue weighted by atomic mass is 10.1. The molecule has 344 valence electrons. The Morgan fingerprint density at radius 1 is 0.371 bits per heavy atom. The summed E-state index contributed by atoms with van der Waals surface area (Å²) in [5, 5.41) is 0. The molecule has 0 saturated heterocycles. The first kappa shape index (κ1) is 57.5. The normalized spacial score (nSPS) is 13.7. The number of carbonyl (C=O) groups excluding carboxylic acids is 2. The summed E-state index contributed by atoms with van der Waals surface area (Å²) in [5.74, 6) is -0.620. The van der Waals surface area contributed by atoms with Gasteiger partial charge in [0.05, 0.1) is 13.0 Å². The van der Waals surface area contributed by atoms with Gasteiger partial charge in [0.15, 0.2) is 6.10 Å². The Kier molecular flexibility index (Phi) is 47.2. The van der Waals surface area contributed by atoms with E-state index in [0.29, 0.717) is 13.0 Å². The van der Waals surface area contributed by atoms with Crippen LogP contribution in [0.5, 0.6) is 0 Å². The van der Waals surface area contributed by atoms with Crippen LogP contribution < -0.4 is 0 Å². The van der Waals surface area contributed by atoms with E-state index in [0.717, 1.165) is 128 Å². The monoisotopic (exact) mass is 851 g/mol. The molecule has 0 aromatic rings. The fourth-order valence-corrected chi connectivity index (χ4v) is 5.62. The van der Waals surface area contributed by atoms with E-state index in [4.69, 9.17) is 14.2 Å². The van der Waals surface area contributed by atoms with E-state index >= 15 is 0 Å². The van der Waals surface area contributed by atoms with E-state index < -0.39 is 6.10 Å². The van der Waals surface area contributed by atoms with E-state index in [-0.39, 0.29) is 31.6 Å². The van der Waals surface area contributed by atoms with Crippen molar-refractivity contribution in [3.05, 3.63) is 158 Å². The summed E-state index contributed by atoms with van der Waals surface area (Å²) < 4.78 is 17.2. The minimum absolute atomic E-state index is 0.0105. The Labute approximate surface area is 380 Å². The molecule has 0 aliphatic rings. The standard InChI is InChI=1S/C57H86O5/c1-4-7-10-13-16-19-22-25-27-28-29-31-34-37-40-43-46-49-52-60-53-55(62-57(59)51-48-45-42-39-36-32-24-21-18-15-12-9-6-3)54-61-56(58)50-47-44-41-38-35-33-30-26-23-20-17-14-11-8-5-2/h7-12,16-21,25-27,29-32,35-38,40,44,47,55H,4-6,13-15,22-24,28,33-34,39,41-43,45-46,48-54H2,1-3H3/b10-7-,11-8-,12-9-,19-16-,20-17-,21-18-,27-25-,30-26-,31-29-,36-32-,38-35-,40-37-,47-44-. The van der Waals surface area contributed by atoms with Crippen LogP contribution in [-0.2, 0) is 23.8 Å². The van der Waals surface area contributed by atoms with Gasteiger partial charge in [-0.15, -0.1) is 0 Å². The smallest absolute Gasteiger partial charge is 0.309 e. The Bertz CT molecular complexity index is 1420. The van der Waals surface area contributed by atoms with Crippen LogP contribution in [0.25, 0.3) is 0 Å². The molecule has 0 radical (unpaired) electrons. The largest absolute Gasteiger partial charge is 0.461 e. The number of hydrogen-bond acceptors (Lipinski definition) is 5. The van der Waals surface area contributed by atoms with Gasteiger partial charge in [-0.2, -0.15) is 0 Å². The fraction of sp³-hybridized carbons (Fsp3) is 0.509. The SMILES string of the molecule is CC/C=C\C/C=C\C/C=C\C/C=C\C/C=C\CCCCOCC(COC(=O)C/C=C\C/C=C\C/C=C\C/C=C\C/C=C\CC)OC(=O)CCCCC/C=C\C/C=C\C/C=C\CC. The average Bonchev–Trinajstić information content (AvgIpc) is 3.27. The number of hydrogen-bond donors (Lipinski definition) is 0. The lowest BCUT2D eigenvalue weighted by molar-refractivity contribution is -0.162. The molecule has 0 aromatic carbocycles. The molecular weight excluding hydrogens is 765 g/mol. The molecule has 62 heavy (non-hydrogen) atoms. The molecule has 0 spiro atoms. The topological polar surface area (TPSA) is 61.8 Å². The summed E-state index contributed by atoms with van der Waals surface area (Å²) in [6.45, 7) is 7.20. The summed E-state index contributed by atoms with van der Waals surface area (Å²) in [4.78, 5) is 25.3. The Balaban J connectivity index is 4.56. The zero-order valence-corrected chi connectivity index (χ0v) is 39.3. The highest BCUT2D eigenvalue weighted by Crippen LogP contribution is 2.09. The molecule has 0 heterocycles. The van der Waals surface area contributed by atoms with Crippen molar-refractivity contribution in [2.45, 2.75) is 168 Å². The third-order valence-corrected chi connectivity index (χ3v) is 9.07. The van der Waals surface area contributed by atoms with Gasteiger partial charge in [-0.1, -0.05) is 185 Å². The van der Waals surface area contributed by atoms with Gasteiger partial charge in [-0.25, -0.2) is 0 Å². The van der Waals surface area contributed by atoms with Crippen LogP contribution in [0.4, 0.5) is 0 Å². The number of carbonyl (C=O) groups is 2. The minimum Gasteiger partial charge on any atom is -0.461 e. The summed E-state index contributed by atoms with van der Waals surface area (Å²) in [6, 6.07) is 0. The van der Waals surface area contributed by atoms with E-state index in [9.17, 15) is 9.59 Å². The van der Waals surface area contributed by atoms with Crippen molar-refractivity contribution in [3.63, 3.8) is 0 Å². The van der Waals surface area contributed by atoms with Crippen molar-refractivity contribution in [1.82, 2.24) is 0 Å². The highest BCUT2D eigenvalue weighted by atomic mass is 16.6. The lowest BCUT2D eigenvalue weighted by Gasteiger charge is -2.18. The van der Waals surface area contributed by atoms with Gasteiger partial charge in [-0.05, 0) is 122 Å². The molecule has 0 amide bonds. The first-order valence-electron chi connectivity index (χ1n) is 24.0. The van der Waals surface area contributed by atoms with Crippen molar-refractivity contribution in [1.29, 1.82) is 0 Å². The molecule has 0 saturated carbocycles. The summed E-state index contributed by atoms with van der Waals surface area (Å²) in [7, 11) is 0. The molecule has 5 nitrogen and oxygen atoms in total. The average molecular weight is 851 g/mol. The third kappa shape index (κ3) is 48.2. The van der Waals surface area contributed by atoms with Crippen molar-refractivity contribution in [2.75, 3.05) is 19.8 Å². The van der Waals surface area contributed by atoms with Crippen LogP contribution in [0, 0.1) is 0 Å². The third-order valence-electron chi connectivity index (χ3n) is 9.07. The zero-order valence-electron chi connectivity index (χ0n) is 39.3. The van der Waals surface area contributed by atoms with Crippen molar-refractivity contribution in [2.24, 2.45) is 0 Å². The fourth-order valence-electron chi connectivity index (χ4n) is 5.62. The molecule has 0 rings (SSSR count). The maximum atomic E-state index is 12.7. The van der Waals surface area contributed by atoms with Crippen LogP contribution in [0.15, 0.2) is 158 Å². The van der Waals surface area contributed by atoms with Crippen LogP contribution >= 0.6 is 0 Å². The van der Waals surface area contributed by atoms with Crippen LogP contribution in [0.3, 0.4) is 0 Å². The van der Waals surface area contributed by atoms with Gasteiger partial charge in [-0.3, -0.25) is 9.59 Å². The summed E-state index contributed by atoms with van der Waals surface area (Å²) >= 11 is 0. The number of esters is 2. The summed E-state index contributed by atoms with van der Waals surface area (Å²) in [6.07, 6.45) is 75.7. The van der Waals surface area contributed by atoms with E-state index in [1.54, 1.807) is 0 Å². The Morgan fingerprint density at radius 3 is 1.13 bits per heavy atom. The quantitative estimate of drug-likeness (QED) is 0.0348. The maximum absolute atomic E-state index is 12.7. The van der Waals surface area contributed by atoms with Gasteiger partial charge in [0.25, 0.3) is 0 Å². The predicted octanol–water partition coefficient (Wildman–Crippen LogP) is 16.3. The minimum atomic E-state index is -0.626. The molecule has 0 fully saturated rings. The Hall–Kier alpha value is -4.48. The number of ether oxygens (including phenoxy) is 3. The maximum Gasteiger partial charge on any atom is 0.309 e. The molecule has 5 heteroatoms. The first-order valence-corrected chi connectivity index (χ1v) is 24.0. The predicted molar refractivity (Wildman–Crippen MR) is 269 cm³/mol. The van der Waals surface area contributed by atoms with E-state index in [1.807, 2.05) is 12.2 Å². The van der Waals surface area contributed by atoms with Gasteiger partial charge < -0.3 is 14.2 Å². The van der Waals surface area contributed by atoms with Crippen LogP contribution in [-0.4, -0.2) is 37.9 Å². The second-order valence-electron chi connectivity index (χ2n) is 14.9. The Morgan fingerprint density at radius 2 is 0.726 bits per heavy atom.